The van der Waals surface area contributed by atoms with E-state index in [0.29, 0.717) is 13.2 Å². The van der Waals surface area contributed by atoms with E-state index in [0.717, 1.165) is 38.5 Å². The number of aryl methyl sites for hydroxylation is 1. The lowest BCUT2D eigenvalue weighted by Gasteiger charge is -2.25. The molecule has 1 atom stereocenters. The second-order valence-corrected chi connectivity index (χ2v) is 7.92. The van der Waals surface area contributed by atoms with Crippen molar-refractivity contribution in [1.82, 2.24) is 10.6 Å². The smallest absolute Gasteiger partial charge is 0.191 e. The summed E-state index contributed by atoms with van der Waals surface area (Å²) in [5, 5.41) is 16.3. The van der Waals surface area contributed by atoms with E-state index in [9.17, 15) is 5.11 Å². The predicted octanol–water partition coefficient (Wildman–Crippen LogP) is 2.99. The Hall–Kier alpha value is -0.860. The highest BCUT2D eigenvalue weighted by Gasteiger charge is 2.45. The molecule has 27 heavy (non-hydrogen) atoms. The number of aliphatic imine (C=N–C) groups is 1. The molecule has 1 aliphatic carbocycles. The summed E-state index contributed by atoms with van der Waals surface area (Å²) in [6.07, 6.45) is 4.19. The number of aliphatic hydroxyl groups is 1. The third-order valence-corrected chi connectivity index (χ3v) is 5.91. The number of rotatable bonds is 8. The Labute approximate surface area is 180 Å². The second kappa shape index (κ2) is 10.1. The second-order valence-electron chi connectivity index (χ2n) is 7.92. The number of hydrogen-bond donors (Lipinski definition) is 3. The van der Waals surface area contributed by atoms with Gasteiger partial charge in [0.05, 0.1) is 13.2 Å². The number of guanidine groups is 1. The Kier molecular flexibility index (Phi) is 8.37. The van der Waals surface area contributed by atoms with Crippen LogP contribution in [0.15, 0.2) is 29.3 Å². The van der Waals surface area contributed by atoms with E-state index in [1.165, 1.54) is 24.0 Å². The number of ether oxygens (including phenoxy) is 1. The Morgan fingerprint density at radius 3 is 2.59 bits per heavy atom. The molecule has 3 N–H and O–H groups in total. The van der Waals surface area contributed by atoms with E-state index in [2.05, 4.69) is 48.7 Å². The van der Waals surface area contributed by atoms with Crippen molar-refractivity contribution in [2.75, 3.05) is 39.5 Å². The molecule has 2 fully saturated rings. The molecule has 1 heterocycles. The third-order valence-electron chi connectivity index (χ3n) is 5.91. The van der Waals surface area contributed by atoms with Crippen molar-refractivity contribution >= 4 is 29.9 Å². The molecular weight excluding hydrogens is 453 g/mol. The number of nitrogens with one attached hydrogen (secondary N) is 2. The van der Waals surface area contributed by atoms with Crippen molar-refractivity contribution in [3.63, 3.8) is 0 Å². The molecule has 0 spiro atoms. The highest BCUT2D eigenvalue weighted by atomic mass is 127. The lowest BCUT2D eigenvalue weighted by atomic mass is 9.84. The summed E-state index contributed by atoms with van der Waals surface area (Å²) in [4.78, 5) is 4.84. The highest BCUT2D eigenvalue weighted by Crippen LogP contribution is 2.48. The Morgan fingerprint density at radius 1 is 1.22 bits per heavy atom. The zero-order valence-corrected chi connectivity index (χ0v) is 18.9. The van der Waals surface area contributed by atoms with Crippen molar-refractivity contribution in [3.05, 3.63) is 35.4 Å². The molecule has 1 saturated carbocycles. The molecule has 152 valence electrons. The maximum Gasteiger partial charge on any atom is 0.191 e. The zero-order valence-electron chi connectivity index (χ0n) is 16.6. The standard InChI is InChI=1S/C21H33N3O2.HI/c1-3-22-19(23-14-20(10-12-25)11-13-26-16-20)24-15-21(8-9-21)18-7-5-4-6-17(18)2;/h4-7,25H,3,8-16H2,1-2H3,(H2,22,23,24);1H. The van der Waals surface area contributed by atoms with Gasteiger partial charge in [0.1, 0.15) is 0 Å². The van der Waals surface area contributed by atoms with Gasteiger partial charge < -0.3 is 20.5 Å². The van der Waals surface area contributed by atoms with Gasteiger partial charge in [0.2, 0.25) is 0 Å². The van der Waals surface area contributed by atoms with Gasteiger partial charge in [0.15, 0.2) is 5.96 Å². The van der Waals surface area contributed by atoms with Crippen LogP contribution in [0.25, 0.3) is 0 Å². The highest BCUT2D eigenvalue weighted by molar-refractivity contribution is 14.0. The molecule has 1 aromatic rings. The van der Waals surface area contributed by atoms with Gasteiger partial charge in [-0.1, -0.05) is 24.3 Å². The van der Waals surface area contributed by atoms with Gasteiger partial charge in [-0.3, -0.25) is 4.99 Å². The van der Waals surface area contributed by atoms with Crippen LogP contribution in [0, 0.1) is 12.3 Å². The van der Waals surface area contributed by atoms with E-state index in [4.69, 9.17) is 9.73 Å². The quantitative estimate of drug-likeness (QED) is 0.300. The summed E-state index contributed by atoms with van der Waals surface area (Å²) < 4.78 is 5.58. The van der Waals surface area contributed by atoms with Gasteiger partial charge in [0, 0.05) is 37.1 Å². The lowest BCUT2D eigenvalue weighted by Crippen LogP contribution is -2.42. The van der Waals surface area contributed by atoms with Gasteiger partial charge in [-0.15, -0.1) is 24.0 Å². The molecule has 1 aliphatic heterocycles. The molecule has 0 bridgehead atoms. The lowest BCUT2D eigenvalue weighted by molar-refractivity contribution is 0.131. The number of halogens is 1. The van der Waals surface area contributed by atoms with Crippen LogP contribution in [0.4, 0.5) is 0 Å². The Morgan fingerprint density at radius 2 is 2.00 bits per heavy atom. The molecule has 5 nitrogen and oxygen atoms in total. The summed E-state index contributed by atoms with van der Waals surface area (Å²) >= 11 is 0. The molecule has 0 amide bonds. The number of nitrogens with zero attached hydrogens (tertiary/aromatic N) is 1. The average Bonchev–Trinajstić information content (AvgIpc) is 3.29. The molecule has 0 radical (unpaired) electrons. The van der Waals surface area contributed by atoms with Crippen molar-refractivity contribution in [2.24, 2.45) is 10.4 Å². The van der Waals surface area contributed by atoms with Crippen LogP contribution in [0.5, 0.6) is 0 Å². The fraction of sp³-hybridized carbons (Fsp3) is 0.667. The van der Waals surface area contributed by atoms with Gasteiger partial charge in [-0.2, -0.15) is 0 Å². The fourth-order valence-corrected chi connectivity index (χ4v) is 3.99. The third kappa shape index (κ3) is 5.57. The normalized spacial score (nSPS) is 23.6. The molecule has 1 aromatic carbocycles. The largest absolute Gasteiger partial charge is 0.396 e. The summed E-state index contributed by atoms with van der Waals surface area (Å²) in [5.74, 6) is 0.872. The molecule has 1 unspecified atom stereocenters. The van der Waals surface area contributed by atoms with Gasteiger partial charge >= 0.3 is 0 Å². The van der Waals surface area contributed by atoms with Crippen molar-refractivity contribution < 1.29 is 9.84 Å². The van der Waals surface area contributed by atoms with Gasteiger partial charge in [0.25, 0.3) is 0 Å². The zero-order chi connectivity index (χ0) is 18.5. The number of benzene rings is 1. The summed E-state index contributed by atoms with van der Waals surface area (Å²) in [7, 11) is 0. The molecule has 1 saturated heterocycles. The summed E-state index contributed by atoms with van der Waals surface area (Å²) in [5.41, 5.74) is 3.08. The van der Waals surface area contributed by atoms with Crippen LogP contribution >= 0.6 is 24.0 Å². The van der Waals surface area contributed by atoms with Crippen molar-refractivity contribution in [1.29, 1.82) is 0 Å². The first kappa shape index (κ1) is 22.4. The first-order chi connectivity index (χ1) is 12.6. The van der Waals surface area contributed by atoms with Crippen molar-refractivity contribution in [3.8, 4) is 0 Å². The molecule has 6 heteroatoms. The SMILES string of the molecule is CCNC(=NCC1(CCO)CCOC1)NCC1(c2ccccc2C)CC1.I. The van der Waals surface area contributed by atoms with E-state index in [1.807, 2.05) is 0 Å². The minimum atomic E-state index is -0.00954. The number of hydrogen-bond acceptors (Lipinski definition) is 3. The van der Waals surface area contributed by atoms with E-state index in [-0.39, 0.29) is 41.4 Å². The topological polar surface area (TPSA) is 65.9 Å². The molecule has 3 rings (SSSR count). The monoisotopic (exact) mass is 487 g/mol. The van der Waals surface area contributed by atoms with Crippen LogP contribution in [-0.2, 0) is 10.2 Å². The summed E-state index contributed by atoms with van der Waals surface area (Å²) in [6, 6.07) is 8.71. The van der Waals surface area contributed by atoms with E-state index < -0.39 is 0 Å². The Balaban J connectivity index is 0.00000261. The molecule has 2 aliphatic rings. The first-order valence-electron chi connectivity index (χ1n) is 9.90. The van der Waals surface area contributed by atoms with Crippen molar-refractivity contribution in [2.45, 2.75) is 44.9 Å². The van der Waals surface area contributed by atoms with Crippen LogP contribution in [-0.4, -0.2) is 50.5 Å². The van der Waals surface area contributed by atoms with Gasteiger partial charge in [-0.05, 0) is 50.7 Å². The average molecular weight is 487 g/mol. The van der Waals surface area contributed by atoms with E-state index >= 15 is 0 Å². The maximum absolute atomic E-state index is 9.40. The van der Waals surface area contributed by atoms with Gasteiger partial charge in [-0.25, -0.2) is 0 Å². The fourth-order valence-electron chi connectivity index (χ4n) is 3.99. The predicted molar refractivity (Wildman–Crippen MR) is 121 cm³/mol. The van der Waals surface area contributed by atoms with Crippen LogP contribution in [0.3, 0.4) is 0 Å². The minimum Gasteiger partial charge on any atom is -0.396 e. The molecular formula is C21H34IN3O2. The van der Waals surface area contributed by atoms with Crippen LogP contribution in [0.1, 0.15) is 43.7 Å². The number of aliphatic hydroxyl groups excluding tert-OH is 1. The molecule has 0 aromatic heterocycles. The first-order valence-corrected chi connectivity index (χ1v) is 9.90. The van der Waals surface area contributed by atoms with E-state index in [1.54, 1.807) is 0 Å². The minimum absolute atomic E-state index is 0. The van der Waals surface area contributed by atoms with Crippen LogP contribution < -0.4 is 10.6 Å². The maximum atomic E-state index is 9.40. The Bertz CT molecular complexity index is 626. The van der Waals surface area contributed by atoms with Crippen LogP contribution in [0.2, 0.25) is 0 Å². The summed E-state index contributed by atoms with van der Waals surface area (Å²) in [6.45, 7) is 8.40.